The van der Waals surface area contributed by atoms with Crippen LogP contribution >= 0.6 is 0 Å². The molecule has 0 aromatic rings. The van der Waals surface area contributed by atoms with Crippen molar-refractivity contribution in [3.05, 3.63) is 0 Å². The molecule has 2 aliphatic rings. The van der Waals surface area contributed by atoms with Crippen LogP contribution in [0.2, 0.25) is 0 Å². The molecule has 1 saturated carbocycles. The van der Waals surface area contributed by atoms with Crippen molar-refractivity contribution < 1.29 is 0 Å². The first-order valence-corrected chi connectivity index (χ1v) is 8.59. The highest BCUT2D eigenvalue weighted by Crippen LogP contribution is 2.42. The van der Waals surface area contributed by atoms with Crippen molar-refractivity contribution in [2.75, 3.05) is 19.6 Å². The van der Waals surface area contributed by atoms with Gasteiger partial charge in [-0.25, -0.2) is 0 Å². The molecule has 0 spiro atoms. The van der Waals surface area contributed by atoms with Gasteiger partial charge < -0.3 is 5.73 Å². The predicted octanol–water partition coefficient (Wildman–Crippen LogP) is 3.65. The van der Waals surface area contributed by atoms with Gasteiger partial charge in [-0.2, -0.15) is 0 Å². The average molecular weight is 266 g/mol. The molecule has 0 aromatic heterocycles. The normalized spacial score (nSPS) is 34.9. The van der Waals surface area contributed by atoms with Gasteiger partial charge in [0.25, 0.3) is 0 Å². The lowest BCUT2D eigenvalue weighted by molar-refractivity contribution is -0.0216. The van der Waals surface area contributed by atoms with Crippen LogP contribution in [0, 0.1) is 17.8 Å². The van der Waals surface area contributed by atoms with Crippen molar-refractivity contribution in [2.24, 2.45) is 23.5 Å². The van der Waals surface area contributed by atoms with E-state index in [4.69, 9.17) is 5.73 Å². The first-order valence-electron chi connectivity index (χ1n) is 8.59. The summed E-state index contributed by atoms with van der Waals surface area (Å²) in [6.45, 7) is 10.6. The fourth-order valence-corrected chi connectivity index (χ4v) is 4.70. The lowest BCUT2D eigenvalue weighted by Crippen LogP contribution is -2.61. The minimum Gasteiger partial charge on any atom is -0.329 e. The Morgan fingerprint density at radius 1 is 1.16 bits per heavy atom. The summed E-state index contributed by atoms with van der Waals surface area (Å²) in [5.74, 6) is 2.63. The van der Waals surface area contributed by atoms with Crippen LogP contribution in [-0.2, 0) is 0 Å². The standard InChI is InChI=1S/C17H34N2/c1-4-16-7-5-6-10-17(16,13-18)19-11-8-15(9-12-19)14(2)3/h14-16H,4-13,18H2,1-3H3. The van der Waals surface area contributed by atoms with Crippen molar-refractivity contribution in [1.29, 1.82) is 0 Å². The van der Waals surface area contributed by atoms with E-state index in [1.807, 2.05) is 0 Å². The Labute approximate surface area is 120 Å². The molecular formula is C17H34N2. The molecule has 19 heavy (non-hydrogen) atoms. The van der Waals surface area contributed by atoms with E-state index in [1.165, 1.54) is 58.0 Å². The molecule has 0 bridgehead atoms. The lowest BCUT2D eigenvalue weighted by Gasteiger charge is -2.53. The molecule has 2 fully saturated rings. The maximum absolute atomic E-state index is 6.29. The van der Waals surface area contributed by atoms with Gasteiger partial charge in [0.15, 0.2) is 0 Å². The van der Waals surface area contributed by atoms with Crippen LogP contribution < -0.4 is 5.73 Å². The van der Waals surface area contributed by atoms with E-state index in [1.54, 1.807) is 0 Å². The molecule has 0 amide bonds. The third-order valence-electron chi connectivity index (χ3n) is 6.13. The summed E-state index contributed by atoms with van der Waals surface area (Å²) in [5, 5.41) is 0. The molecule has 1 aliphatic heterocycles. The predicted molar refractivity (Wildman–Crippen MR) is 83.2 cm³/mol. The summed E-state index contributed by atoms with van der Waals surface area (Å²) in [5.41, 5.74) is 6.63. The maximum Gasteiger partial charge on any atom is 0.0359 e. The summed E-state index contributed by atoms with van der Waals surface area (Å²) >= 11 is 0. The minimum absolute atomic E-state index is 0.342. The molecule has 1 aliphatic carbocycles. The van der Waals surface area contributed by atoms with Gasteiger partial charge in [-0.05, 0) is 56.5 Å². The lowest BCUT2D eigenvalue weighted by atomic mass is 9.69. The molecule has 2 rings (SSSR count). The van der Waals surface area contributed by atoms with Gasteiger partial charge in [-0.1, -0.05) is 40.0 Å². The SMILES string of the molecule is CCC1CCCCC1(CN)N1CCC(C(C)C)CC1. The van der Waals surface area contributed by atoms with E-state index in [2.05, 4.69) is 25.7 Å². The maximum atomic E-state index is 6.29. The Balaban J connectivity index is 2.05. The zero-order valence-electron chi connectivity index (χ0n) is 13.3. The van der Waals surface area contributed by atoms with Crippen molar-refractivity contribution in [3.63, 3.8) is 0 Å². The average Bonchev–Trinajstić information content (AvgIpc) is 2.47. The van der Waals surface area contributed by atoms with Gasteiger partial charge in [0.1, 0.15) is 0 Å². The number of nitrogens with two attached hydrogens (primary N) is 1. The highest BCUT2D eigenvalue weighted by Gasteiger charge is 2.44. The molecule has 112 valence electrons. The quantitative estimate of drug-likeness (QED) is 0.841. The second kappa shape index (κ2) is 6.58. The first kappa shape index (κ1) is 15.3. The number of rotatable bonds is 4. The third kappa shape index (κ3) is 3.00. The molecule has 1 heterocycles. The van der Waals surface area contributed by atoms with Crippen molar-refractivity contribution in [1.82, 2.24) is 4.90 Å². The number of hydrogen-bond acceptors (Lipinski definition) is 2. The fourth-order valence-electron chi connectivity index (χ4n) is 4.70. The van der Waals surface area contributed by atoms with Crippen molar-refractivity contribution in [2.45, 2.75) is 71.3 Å². The Kier molecular flexibility index (Phi) is 5.30. The zero-order valence-corrected chi connectivity index (χ0v) is 13.3. The number of nitrogens with zero attached hydrogens (tertiary/aromatic N) is 1. The second-order valence-corrected chi connectivity index (χ2v) is 7.23. The van der Waals surface area contributed by atoms with Crippen LogP contribution in [-0.4, -0.2) is 30.1 Å². The number of hydrogen-bond donors (Lipinski definition) is 1. The van der Waals surface area contributed by atoms with Crippen LogP contribution in [0.5, 0.6) is 0 Å². The Morgan fingerprint density at radius 2 is 1.84 bits per heavy atom. The Bertz CT molecular complexity index is 268. The van der Waals surface area contributed by atoms with E-state index < -0.39 is 0 Å². The summed E-state index contributed by atoms with van der Waals surface area (Å²) < 4.78 is 0. The topological polar surface area (TPSA) is 29.3 Å². The summed E-state index contributed by atoms with van der Waals surface area (Å²) in [6, 6.07) is 0. The molecular weight excluding hydrogens is 232 g/mol. The van der Waals surface area contributed by atoms with Crippen LogP contribution in [0.4, 0.5) is 0 Å². The van der Waals surface area contributed by atoms with Crippen molar-refractivity contribution >= 4 is 0 Å². The second-order valence-electron chi connectivity index (χ2n) is 7.23. The van der Waals surface area contributed by atoms with Gasteiger partial charge in [0, 0.05) is 12.1 Å². The monoisotopic (exact) mass is 266 g/mol. The third-order valence-corrected chi connectivity index (χ3v) is 6.13. The highest BCUT2D eigenvalue weighted by molar-refractivity contribution is 5.00. The van der Waals surface area contributed by atoms with Crippen LogP contribution in [0.15, 0.2) is 0 Å². The van der Waals surface area contributed by atoms with Gasteiger partial charge in [0.2, 0.25) is 0 Å². The van der Waals surface area contributed by atoms with Crippen LogP contribution in [0.1, 0.15) is 65.7 Å². The first-order chi connectivity index (χ1) is 9.14. The molecule has 2 nitrogen and oxygen atoms in total. The Hall–Kier alpha value is -0.0800. The smallest absolute Gasteiger partial charge is 0.0359 e. The minimum atomic E-state index is 0.342. The van der Waals surface area contributed by atoms with E-state index in [-0.39, 0.29) is 0 Å². The molecule has 0 aromatic carbocycles. The Morgan fingerprint density at radius 3 is 2.37 bits per heavy atom. The van der Waals surface area contributed by atoms with E-state index >= 15 is 0 Å². The van der Waals surface area contributed by atoms with Gasteiger partial charge in [-0.15, -0.1) is 0 Å². The van der Waals surface area contributed by atoms with E-state index in [0.717, 1.165) is 24.3 Å². The molecule has 0 radical (unpaired) electrons. The van der Waals surface area contributed by atoms with Gasteiger partial charge >= 0.3 is 0 Å². The zero-order chi connectivity index (χ0) is 13.9. The molecule has 2 atom stereocenters. The van der Waals surface area contributed by atoms with Crippen LogP contribution in [0.3, 0.4) is 0 Å². The largest absolute Gasteiger partial charge is 0.329 e. The fraction of sp³-hybridized carbons (Fsp3) is 1.00. The summed E-state index contributed by atoms with van der Waals surface area (Å²) in [4.78, 5) is 2.79. The molecule has 2 unspecified atom stereocenters. The van der Waals surface area contributed by atoms with Crippen molar-refractivity contribution in [3.8, 4) is 0 Å². The molecule has 1 saturated heterocycles. The number of likely N-dealkylation sites (tertiary alicyclic amines) is 1. The summed E-state index contributed by atoms with van der Waals surface area (Å²) in [7, 11) is 0. The molecule has 2 heteroatoms. The highest BCUT2D eigenvalue weighted by atomic mass is 15.2. The van der Waals surface area contributed by atoms with Crippen LogP contribution in [0.25, 0.3) is 0 Å². The number of piperidine rings is 1. The molecule has 2 N–H and O–H groups in total. The van der Waals surface area contributed by atoms with E-state index in [0.29, 0.717) is 5.54 Å². The van der Waals surface area contributed by atoms with Gasteiger partial charge in [-0.3, -0.25) is 4.90 Å². The van der Waals surface area contributed by atoms with Gasteiger partial charge in [0.05, 0.1) is 0 Å². The van der Waals surface area contributed by atoms with E-state index in [9.17, 15) is 0 Å². The summed E-state index contributed by atoms with van der Waals surface area (Å²) in [6.07, 6.45) is 9.62.